The average molecular weight is 753 g/mol. The van der Waals surface area contributed by atoms with Crippen molar-refractivity contribution in [2.75, 3.05) is 6.79 Å². The van der Waals surface area contributed by atoms with Gasteiger partial charge in [0, 0.05) is 18.1 Å². The molecule has 0 saturated carbocycles. The lowest BCUT2D eigenvalue weighted by Gasteiger charge is -2.31. The maximum atomic E-state index is 12.2. The summed E-state index contributed by atoms with van der Waals surface area (Å²) in [6.45, 7) is 18.2. The van der Waals surface area contributed by atoms with E-state index in [4.69, 9.17) is 27.8 Å². The summed E-state index contributed by atoms with van der Waals surface area (Å²) in [4.78, 5) is 12.2. The fourth-order valence-electron chi connectivity index (χ4n) is 8.11. The molecule has 3 aliphatic rings. The van der Waals surface area contributed by atoms with Gasteiger partial charge in [0.2, 0.25) is 0 Å². The van der Waals surface area contributed by atoms with E-state index in [1.54, 1.807) is 0 Å². The Bertz CT molecular complexity index is 977. The number of ether oxygens (including phenoxy) is 4. The van der Waals surface area contributed by atoms with Crippen molar-refractivity contribution >= 4 is 22.6 Å². The largest absolute Gasteiger partial charge is 0.455 e. The van der Waals surface area contributed by atoms with Crippen LogP contribution in [-0.2, 0) is 32.6 Å². The van der Waals surface area contributed by atoms with Crippen LogP contribution in [0.4, 0.5) is 0 Å². The third kappa shape index (κ3) is 19.6. The van der Waals surface area contributed by atoms with Crippen LogP contribution in [0.5, 0.6) is 0 Å². The van der Waals surface area contributed by atoms with E-state index in [1.807, 2.05) is 13.0 Å². The second kappa shape index (κ2) is 24.1. The fourth-order valence-corrected chi connectivity index (χ4v) is 10.5. The molecule has 0 aliphatic carbocycles. The van der Waals surface area contributed by atoms with E-state index in [0.717, 1.165) is 69.8 Å². The van der Waals surface area contributed by atoms with Gasteiger partial charge in [0.25, 0.3) is 0 Å². The van der Waals surface area contributed by atoms with Crippen LogP contribution < -0.4 is 0 Å². The summed E-state index contributed by atoms with van der Waals surface area (Å²) in [6.07, 6.45) is 30.7. The number of hydrogen-bond donors (Lipinski definition) is 0. The Morgan fingerprint density at radius 2 is 1.29 bits per heavy atom. The van der Waals surface area contributed by atoms with E-state index in [0.29, 0.717) is 13.2 Å². The van der Waals surface area contributed by atoms with Crippen LogP contribution >= 0.6 is 0 Å². The van der Waals surface area contributed by atoms with Gasteiger partial charge in [-0.2, -0.15) is 0 Å². The van der Waals surface area contributed by atoms with Crippen molar-refractivity contribution in [1.82, 2.24) is 0 Å². The third-order valence-corrected chi connectivity index (χ3v) is 12.7. The summed E-state index contributed by atoms with van der Waals surface area (Å²) in [6, 6.07) is 0. The van der Waals surface area contributed by atoms with Crippen LogP contribution in [0.15, 0.2) is 11.6 Å². The zero-order chi connectivity index (χ0) is 37.1. The Hall–Kier alpha value is -0.556. The molecule has 0 N–H and O–H groups in total. The molecule has 7 nitrogen and oxygen atoms in total. The second-order valence-corrected chi connectivity index (χ2v) is 26.8. The highest BCUT2D eigenvalue weighted by Gasteiger charge is 2.39. The number of unbranched alkanes of at least 4 members (excludes halogenated alkanes) is 13. The molecule has 7 atom stereocenters. The highest BCUT2D eigenvalue weighted by Crippen LogP contribution is 2.33. The molecule has 0 radical (unpaired) electrons. The maximum absolute atomic E-state index is 12.2. The predicted molar refractivity (Wildman–Crippen MR) is 215 cm³/mol. The number of carbonyl (C=O) groups is 1. The van der Waals surface area contributed by atoms with Crippen molar-refractivity contribution in [2.45, 2.75) is 244 Å². The van der Waals surface area contributed by atoms with E-state index in [1.165, 1.54) is 77.0 Å². The maximum Gasteiger partial charge on any atom is 0.334 e. The van der Waals surface area contributed by atoms with E-state index in [-0.39, 0.29) is 48.7 Å². The highest BCUT2D eigenvalue weighted by molar-refractivity contribution is 6.70. The number of carbonyl (C=O) groups excluding carboxylic acids is 1. The normalized spacial score (nSPS) is 25.8. The first-order valence-electron chi connectivity index (χ1n) is 21.5. The van der Waals surface area contributed by atoms with Crippen molar-refractivity contribution in [3.8, 4) is 0 Å². The molecule has 0 amide bonds. The van der Waals surface area contributed by atoms with Crippen molar-refractivity contribution in [3.63, 3.8) is 0 Å². The Morgan fingerprint density at radius 1 is 0.706 bits per heavy atom. The van der Waals surface area contributed by atoms with Crippen LogP contribution in [0, 0.1) is 0 Å². The molecule has 0 bridgehead atoms. The van der Waals surface area contributed by atoms with E-state index >= 15 is 0 Å². The lowest BCUT2D eigenvalue weighted by atomic mass is 9.98. The zero-order valence-corrected chi connectivity index (χ0v) is 36.4. The molecule has 0 aromatic carbocycles. The van der Waals surface area contributed by atoms with Gasteiger partial charge >= 0.3 is 5.97 Å². The van der Waals surface area contributed by atoms with Crippen LogP contribution in [0.25, 0.3) is 0 Å². The minimum absolute atomic E-state index is 0.0829. The molecule has 2 fully saturated rings. The van der Waals surface area contributed by atoms with Crippen LogP contribution in [0.1, 0.15) is 162 Å². The molecule has 0 aromatic heterocycles. The van der Waals surface area contributed by atoms with Crippen LogP contribution in [0.3, 0.4) is 0 Å². The fraction of sp³-hybridized carbons (Fsp3) is 0.929. The summed E-state index contributed by atoms with van der Waals surface area (Å²) in [5.74, 6) is -0.175. The van der Waals surface area contributed by atoms with E-state index < -0.39 is 16.6 Å². The number of rotatable bonds is 27. The third-order valence-electron chi connectivity index (χ3n) is 10.6. The first-order valence-corrected chi connectivity index (χ1v) is 28.3. The lowest BCUT2D eigenvalue weighted by Crippen LogP contribution is -2.40. The molecule has 0 aromatic rings. The second-order valence-electron chi connectivity index (χ2n) is 17.9. The summed E-state index contributed by atoms with van der Waals surface area (Å²) in [5.41, 5.74) is 0.781. The number of hydrogen-bond acceptors (Lipinski definition) is 7. The SMILES string of the molecule is CCCCCCCCCCCCCC[C@@H](O[Si](C)(C)C)[C@H]1CC[C@H]([C@H]2CC[C@@H](CCCCC[C@H](CC3=C[C@H](C)OC3=O)O[Si](C)(C)C)OCO2)O1. The smallest absolute Gasteiger partial charge is 0.334 e. The first-order chi connectivity index (χ1) is 24.3. The summed E-state index contributed by atoms with van der Waals surface area (Å²) in [5, 5.41) is 0. The van der Waals surface area contributed by atoms with Crippen molar-refractivity contribution in [1.29, 1.82) is 0 Å². The Kier molecular flexibility index (Phi) is 21.2. The topological polar surface area (TPSA) is 72.5 Å². The first kappa shape index (κ1) is 44.8. The molecule has 0 unspecified atom stereocenters. The quantitative estimate of drug-likeness (QED) is 0.0470. The zero-order valence-electron chi connectivity index (χ0n) is 34.4. The number of esters is 1. The molecular formula is C42H80O7Si2. The Morgan fingerprint density at radius 3 is 1.90 bits per heavy atom. The molecule has 9 heteroatoms. The summed E-state index contributed by atoms with van der Waals surface area (Å²) < 4.78 is 37.8. The minimum Gasteiger partial charge on any atom is -0.455 e. The van der Waals surface area contributed by atoms with Crippen LogP contribution in [0.2, 0.25) is 39.3 Å². The van der Waals surface area contributed by atoms with Crippen molar-refractivity contribution in [3.05, 3.63) is 11.6 Å². The van der Waals surface area contributed by atoms with Gasteiger partial charge in [-0.05, 0) is 97.2 Å². The Labute approximate surface area is 316 Å². The van der Waals surface area contributed by atoms with Gasteiger partial charge in [-0.3, -0.25) is 0 Å². The summed E-state index contributed by atoms with van der Waals surface area (Å²) >= 11 is 0. The van der Waals surface area contributed by atoms with Gasteiger partial charge in [0.1, 0.15) is 12.9 Å². The van der Waals surface area contributed by atoms with E-state index in [2.05, 4.69) is 46.2 Å². The monoisotopic (exact) mass is 753 g/mol. The van der Waals surface area contributed by atoms with Gasteiger partial charge in [-0.25, -0.2) is 4.79 Å². The van der Waals surface area contributed by atoms with Gasteiger partial charge in [-0.1, -0.05) is 103 Å². The van der Waals surface area contributed by atoms with E-state index in [9.17, 15) is 4.79 Å². The standard InChI is InChI=1S/C42H80O7Si2/c1-9-10-11-12-13-14-15-16-17-18-19-23-26-41(49-51(6,7)8)40-30-29-39(47-40)38-28-27-36(44-33-45-38)24-21-20-22-25-37(48-50(3,4)5)32-35-31-34(2)46-42(35)43/h31,34,36-41H,9-30,32-33H2,1-8H3/t34-,36+,37+,38+,39+,40+,41+/m0/s1. The molecule has 51 heavy (non-hydrogen) atoms. The lowest BCUT2D eigenvalue weighted by molar-refractivity contribution is -0.139. The molecule has 0 spiro atoms. The number of cyclic esters (lactones) is 1. The molecule has 298 valence electrons. The summed E-state index contributed by atoms with van der Waals surface area (Å²) in [7, 11) is -3.40. The Balaban J connectivity index is 1.32. The minimum atomic E-state index is -1.72. The predicted octanol–water partition coefficient (Wildman–Crippen LogP) is 11.8. The molecule has 3 heterocycles. The van der Waals surface area contributed by atoms with Crippen molar-refractivity contribution < 1.29 is 32.6 Å². The van der Waals surface area contributed by atoms with Gasteiger partial charge in [0.05, 0.1) is 30.5 Å². The van der Waals surface area contributed by atoms with Gasteiger partial charge in [0.15, 0.2) is 16.6 Å². The molecular weight excluding hydrogens is 673 g/mol. The van der Waals surface area contributed by atoms with Crippen LogP contribution in [-0.4, -0.2) is 72.1 Å². The molecule has 3 aliphatic heterocycles. The average Bonchev–Trinajstić information content (AvgIpc) is 3.58. The van der Waals surface area contributed by atoms with Gasteiger partial charge in [-0.15, -0.1) is 0 Å². The van der Waals surface area contributed by atoms with Crippen molar-refractivity contribution in [2.24, 2.45) is 0 Å². The molecule has 3 rings (SSSR count). The molecule has 2 saturated heterocycles. The highest BCUT2D eigenvalue weighted by atomic mass is 28.4. The van der Waals surface area contributed by atoms with Gasteiger partial charge < -0.3 is 27.8 Å².